The van der Waals surface area contributed by atoms with Crippen molar-refractivity contribution in [2.24, 2.45) is 0 Å². The minimum atomic E-state index is -0.584. The van der Waals surface area contributed by atoms with E-state index in [4.69, 9.17) is 0 Å². The zero-order chi connectivity index (χ0) is 12.8. The maximum absolute atomic E-state index is 12.0. The molecule has 5 nitrogen and oxygen atoms in total. The van der Waals surface area contributed by atoms with Crippen molar-refractivity contribution >= 4 is 35.8 Å². The van der Waals surface area contributed by atoms with E-state index in [-0.39, 0.29) is 17.6 Å². The molecule has 1 rings (SSSR count). The van der Waals surface area contributed by atoms with Gasteiger partial charge in [-0.3, -0.25) is 9.59 Å². The summed E-state index contributed by atoms with van der Waals surface area (Å²) in [6, 6.07) is -0.584. The van der Waals surface area contributed by atoms with Crippen LogP contribution < -0.4 is 5.32 Å². The van der Waals surface area contributed by atoms with Crippen molar-refractivity contribution in [2.45, 2.75) is 19.5 Å². The number of thiol groups is 1. The van der Waals surface area contributed by atoms with E-state index in [2.05, 4.69) is 22.9 Å². The minimum absolute atomic E-state index is 0.164. The molecule has 0 aliphatic carbocycles. The second kappa shape index (κ2) is 6.61. The normalized spacial score (nSPS) is 11.9. The number of carbonyl (C=O) groups is 2. The van der Waals surface area contributed by atoms with Gasteiger partial charge < -0.3 is 10.2 Å². The highest BCUT2D eigenvalue weighted by Crippen LogP contribution is 2.05. The molecule has 0 aromatic carbocycles. The van der Waals surface area contributed by atoms with Gasteiger partial charge >= 0.3 is 0 Å². The molecule has 0 aliphatic heterocycles. The molecule has 0 radical (unpaired) electrons. The van der Waals surface area contributed by atoms with Crippen molar-refractivity contribution in [3.8, 4) is 0 Å². The molecule has 17 heavy (non-hydrogen) atoms. The zero-order valence-corrected chi connectivity index (χ0v) is 11.4. The number of nitrogens with zero attached hydrogens (tertiary/aromatic N) is 2. The van der Waals surface area contributed by atoms with Gasteiger partial charge in [0.15, 0.2) is 0 Å². The molecule has 94 valence electrons. The average Bonchev–Trinajstić information content (AvgIpc) is 2.77. The molecule has 1 aromatic rings. The van der Waals surface area contributed by atoms with Gasteiger partial charge in [0.05, 0.1) is 17.7 Å². The molecule has 1 heterocycles. The first kappa shape index (κ1) is 14.0. The number of thiazole rings is 1. The highest BCUT2D eigenvalue weighted by Gasteiger charge is 2.21. The highest BCUT2D eigenvalue weighted by molar-refractivity contribution is 7.80. The SMILES string of the molecule is CC(=O)NC(CS)C(=O)N(C)Cc1cscn1. The summed E-state index contributed by atoms with van der Waals surface area (Å²) >= 11 is 5.55. The average molecular weight is 273 g/mol. The summed E-state index contributed by atoms with van der Waals surface area (Å²) in [5.41, 5.74) is 2.56. The zero-order valence-electron chi connectivity index (χ0n) is 9.71. The van der Waals surface area contributed by atoms with Crippen LogP contribution in [0.15, 0.2) is 10.9 Å². The van der Waals surface area contributed by atoms with Crippen molar-refractivity contribution in [3.63, 3.8) is 0 Å². The first-order valence-corrected chi connectivity index (χ1v) is 6.62. The van der Waals surface area contributed by atoms with Crippen LogP contribution in [0.4, 0.5) is 0 Å². The van der Waals surface area contributed by atoms with E-state index in [0.717, 1.165) is 5.69 Å². The Morgan fingerprint density at radius 3 is 2.82 bits per heavy atom. The molecule has 0 aliphatic rings. The molecule has 1 N–H and O–H groups in total. The Balaban J connectivity index is 2.57. The van der Waals surface area contributed by atoms with E-state index in [9.17, 15) is 9.59 Å². The Morgan fingerprint density at radius 1 is 1.65 bits per heavy atom. The lowest BCUT2D eigenvalue weighted by molar-refractivity contribution is -0.134. The second-order valence-corrected chi connectivity index (χ2v) is 4.69. The third-order valence-electron chi connectivity index (χ3n) is 2.12. The fourth-order valence-electron chi connectivity index (χ4n) is 1.33. The maximum atomic E-state index is 12.0. The molecule has 7 heteroatoms. The molecule has 0 fully saturated rings. The molecule has 0 bridgehead atoms. The van der Waals surface area contributed by atoms with Crippen molar-refractivity contribution in [1.82, 2.24) is 15.2 Å². The standard InChI is InChI=1S/C10H15N3O2S2/c1-7(14)12-9(4-16)10(15)13(2)3-8-5-17-6-11-8/h5-6,9,16H,3-4H2,1-2H3,(H,12,14). The van der Waals surface area contributed by atoms with Crippen molar-refractivity contribution in [1.29, 1.82) is 0 Å². The molecule has 1 unspecified atom stereocenters. The smallest absolute Gasteiger partial charge is 0.246 e. The molecular weight excluding hydrogens is 258 g/mol. The minimum Gasteiger partial charge on any atom is -0.344 e. The first-order valence-electron chi connectivity index (χ1n) is 5.04. The number of amides is 2. The van der Waals surface area contributed by atoms with E-state index < -0.39 is 6.04 Å². The summed E-state index contributed by atoms with van der Waals surface area (Å²) in [6.07, 6.45) is 0. The summed E-state index contributed by atoms with van der Waals surface area (Å²) in [4.78, 5) is 28.5. The lowest BCUT2D eigenvalue weighted by atomic mass is 10.2. The Morgan fingerprint density at radius 2 is 2.35 bits per heavy atom. The van der Waals surface area contributed by atoms with E-state index in [1.165, 1.54) is 23.2 Å². The highest BCUT2D eigenvalue weighted by atomic mass is 32.1. The summed E-state index contributed by atoms with van der Waals surface area (Å²) in [5.74, 6) is -0.123. The van der Waals surface area contributed by atoms with Gasteiger partial charge in [-0.05, 0) is 0 Å². The van der Waals surface area contributed by atoms with E-state index in [1.54, 1.807) is 12.6 Å². The predicted molar refractivity (Wildman–Crippen MR) is 70.0 cm³/mol. The van der Waals surface area contributed by atoms with Gasteiger partial charge in [-0.25, -0.2) is 4.98 Å². The van der Waals surface area contributed by atoms with Crippen LogP contribution in [0.5, 0.6) is 0 Å². The molecule has 0 saturated heterocycles. The van der Waals surface area contributed by atoms with Gasteiger partial charge in [0, 0.05) is 25.1 Å². The summed E-state index contributed by atoms with van der Waals surface area (Å²) < 4.78 is 0. The fourth-order valence-corrected chi connectivity index (χ4v) is 2.13. The monoisotopic (exact) mass is 273 g/mol. The number of rotatable bonds is 5. The topological polar surface area (TPSA) is 62.3 Å². The summed E-state index contributed by atoms with van der Waals surface area (Å²) in [6.45, 7) is 1.82. The van der Waals surface area contributed by atoms with E-state index >= 15 is 0 Å². The van der Waals surface area contributed by atoms with Gasteiger partial charge in [-0.2, -0.15) is 12.6 Å². The van der Waals surface area contributed by atoms with Crippen LogP contribution in [0.3, 0.4) is 0 Å². The van der Waals surface area contributed by atoms with E-state index in [1.807, 2.05) is 5.38 Å². The van der Waals surface area contributed by atoms with Crippen LogP contribution in [0.1, 0.15) is 12.6 Å². The Bertz CT molecular complexity index is 381. The van der Waals surface area contributed by atoms with Gasteiger partial charge in [0.25, 0.3) is 0 Å². The van der Waals surface area contributed by atoms with Crippen LogP contribution >= 0.6 is 24.0 Å². The van der Waals surface area contributed by atoms with Crippen LogP contribution in [0.2, 0.25) is 0 Å². The number of hydrogen-bond donors (Lipinski definition) is 2. The Kier molecular flexibility index (Phi) is 5.43. The molecule has 0 saturated carbocycles. The Hall–Kier alpha value is -1.08. The third-order valence-corrected chi connectivity index (χ3v) is 3.12. The van der Waals surface area contributed by atoms with Crippen LogP contribution in [0.25, 0.3) is 0 Å². The summed E-state index contributed by atoms with van der Waals surface area (Å²) in [5, 5.41) is 4.45. The Labute approximate surface area is 110 Å². The second-order valence-electron chi connectivity index (χ2n) is 3.61. The lowest BCUT2D eigenvalue weighted by Crippen LogP contribution is -2.47. The molecule has 1 aromatic heterocycles. The van der Waals surface area contributed by atoms with Gasteiger partial charge in [-0.15, -0.1) is 11.3 Å². The largest absolute Gasteiger partial charge is 0.344 e. The number of carbonyl (C=O) groups excluding carboxylic acids is 2. The number of nitrogens with one attached hydrogen (secondary N) is 1. The fraction of sp³-hybridized carbons (Fsp3) is 0.500. The molecule has 0 spiro atoms. The van der Waals surface area contributed by atoms with Crippen molar-refractivity contribution in [3.05, 3.63) is 16.6 Å². The predicted octanol–water partition coefficient (Wildman–Crippen LogP) is 0.536. The quantitative estimate of drug-likeness (QED) is 0.770. The van der Waals surface area contributed by atoms with Gasteiger partial charge in [0.2, 0.25) is 11.8 Å². The summed E-state index contributed by atoms with van der Waals surface area (Å²) in [7, 11) is 1.68. The van der Waals surface area contributed by atoms with Crippen LogP contribution in [-0.2, 0) is 16.1 Å². The third kappa shape index (κ3) is 4.35. The number of hydrogen-bond acceptors (Lipinski definition) is 5. The number of likely N-dealkylation sites (N-methyl/N-ethyl adjacent to an activating group) is 1. The maximum Gasteiger partial charge on any atom is 0.246 e. The van der Waals surface area contributed by atoms with Crippen molar-refractivity contribution < 1.29 is 9.59 Å². The first-order chi connectivity index (χ1) is 8.04. The van der Waals surface area contributed by atoms with Gasteiger partial charge in [0.1, 0.15) is 6.04 Å². The van der Waals surface area contributed by atoms with E-state index in [0.29, 0.717) is 6.54 Å². The van der Waals surface area contributed by atoms with Crippen molar-refractivity contribution in [2.75, 3.05) is 12.8 Å². The van der Waals surface area contributed by atoms with Gasteiger partial charge in [-0.1, -0.05) is 0 Å². The van der Waals surface area contributed by atoms with Crippen LogP contribution in [0, 0.1) is 0 Å². The molecule has 1 atom stereocenters. The lowest BCUT2D eigenvalue weighted by Gasteiger charge is -2.22. The van der Waals surface area contributed by atoms with Crippen LogP contribution in [-0.4, -0.2) is 40.5 Å². The molecule has 2 amide bonds. The molecular formula is C10H15N3O2S2. The number of aromatic nitrogens is 1.